The molecule has 0 radical (unpaired) electrons. The maximum absolute atomic E-state index is 8.23. The number of thiol groups is 1. The Morgan fingerprint density at radius 2 is 1.91 bits per heavy atom. The van der Waals surface area contributed by atoms with Crippen molar-refractivity contribution in [2.75, 3.05) is 0 Å². The van der Waals surface area contributed by atoms with Crippen molar-refractivity contribution in [1.82, 2.24) is 0 Å². The smallest absolute Gasteiger partial charge is 0.0912 e. The van der Waals surface area contributed by atoms with Crippen molar-refractivity contribution < 1.29 is 0 Å². The van der Waals surface area contributed by atoms with Crippen molar-refractivity contribution in [3.8, 4) is 6.07 Å². The Bertz CT molecular complexity index is 292. The lowest BCUT2D eigenvalue weighted by atomic mass is 10.2. The van der Waals surface area contributed by atoms with Crippen LogP contribution in [0.15, 0.2) is 35.2 Å². The van der Waals surface area contributed by atoms with E-state index in [1.165, 1.54) is 6.08 Å². The van der Waals surface area contributed by atoms with Crippen LogP contribution in [0, 0.1) is 11.3 Å². The quantitative estimate of drug-likeness (QED) is 0.496. The standard InChI is InChI=1S/C9H7NS/c10-7-1-2-8-3-5-9(11)6-4-8/h1-6,11H/b2-1+. The monoisotopic (exact) mass is 161 g/mol. The van der Waals surface area contributed by atoms with E-state index in [-0.39, 0.29) is 0 Å². The van der Waals surface area contributed by atoms with Gasteiger partial charge in [-0.05, 0) is 23.8 Å². The zero-order valence-electron chi connectivity index (χ0n) is 5.86. The van der Waals surface area contributed by atoms with E-state index in [0.717, 1.165) is 10.5 Å². The Kier molecular flexibility index (Phi) is 2.76. The van der Waals surface area contributed by atoms with Gasteiger partial charge in [0, 0.05) is 11.0 Å². The molecule has 0 bridgehead atoms. The molecule has 0 atom stereocenters. The minimum absolute atomic E-state index is 0.930. The average Bonchev–Trinajstić information content (AvgIpc) is 2.04. The molecular formula is C9H7NS. The van der Waals surface area contributed by atoms with Crippen LogP contribution < -0.4 is 0 Å². The normalized spacial score (nSPS) is 9.82. The molecule has 1 nitrogen and oxygen atoms in total. The molecule has 0 aliphatic heterocycles. The second-order valence-corrected chi connectivity index (χ2v) is 2.57. The number of hydrogen-bond donors (Lipinski definition) is 1. The minimum Gasteiger partial charge on any atom is -0.193 e. The highest BCUT2D eigenvalue weighted by atomic mass is 32.1. The molecule has 0 aliphatic rings. The third-order valence-electron chi connectivity index (χ3n) is 1.24. The van der Waals surface area contributed by atoms with Crippen molar-refractivity contribution in [2.24, 2.45) is 0 Å². The predicted molar refractivity (Wildman–Crippen MR) is 48.3 cm³/mol. The summed E-state index contributed by atoms with van der Waals surface area (Å²) in [6, 6.07) is 9.53. The van der Waals surface area contributed by atoms with Gasteiger partial charge in [-0.3, -0.25) is 0 Å². The Morgan fingerprint density at radius 1 is 1.27 bits per heavy atom. The Hall–Kier alpha value is -1.20. The van der Waals surface area contributed by atoms with Gasteiger partial charge in [-0.15, -0.1) is 12.6 Å². The van der Waals surface area contributed by atoms with Gasteiger partial charge in [0.2, 0.25) is 0 Å². The maximum atomic E-state index is 8.23. The lowest BCUT2D eigenvalue weighted by Crippen LogP contribution is -1.69. The summed E-state index contributed by atoms with van der Waals surface area (Å²) in [7, 11) is 0. The highest BCUT2D eigenvalue weighted by molar-refractivity contribution is 7.80. The molecule has 0 N–H and O–H groups in total. The van der Waals surface area contributed by atoms with E-state index >= 15 is 0 Å². The summed E-state index contributed by atoms with van der Waals surface area (Å²) in [5, 5.41) is 8.23. The number of nitrogens with zero attached hydrogens (tertiary/aromatic N) is 1. The van der Waals surface area contributed by atoms with Crippen molar-refractivity contribution in [2.45, 2.75) is 4.90 Å². The number of rotatable bonds is 1. The van der Waals surface area contributed by atoms with E-state index in [9.17, 15) is 0 Å². The van der Waals surface area contributed by atoms with Gasteiger partial charge in [0.25, 0.3) is 0 Å². The van der Waals surface area contributed by atoms with Crippen LogP contribution in [0.1, 0.15) is 5.56 Å². The van der Waals surface area contributed by atoms with Gasteiger partial charge >= 0.3 is 0 Å². The first-order valence-corrected chi connectivity index (χ1v) is 3.63. The summed E-state index contributed by atoms with van der Waals surface area (Å²) >= 11 is 4.13. The summed E-state index contributed by atoms with van der Waals surface area (Å²) in [4.78, 5) is 0.930. The Balaban J connectivity index is 2.84. The summed E-state index contributed by atoms with van der Waals surface area (Å²) in [5.41, 5.74) is 1.02. The van der Waals surface area contributed by atoms with E-state index in [2.05, 4.69) is 12.6 Å². The first-order chi connectivity index (χ1) is 5.33. The number of nitriles is 1. The molecular weight excluding hydrogens is 154 g/mol. The van der Waals surface area contributed by atoms with Gasteiger partial charge in [-0.1, -0.05) is 12.1 Å². The number of benzene rings is 1. The van der Waals surface area contributed by atoms with Gasteiger partial charge in [0.05, 0.1) is 6.07 Å². The predicted octanol–water partition coefficient (Wildman–Crippen LogP) is 2.51. The second-order valence-electron chi connectivity index (χ2n) is 2.05. The highest BCUT2D eigenvalue weighted by Crippen LogP contribution is 2.08. The molecule has 1 aromatic rings. The minimum atomic E-state index is 0.930. The largest absolute Gasteiger partial charge is 0.193 e. The maximum Gasteiger partial charge on any atom is 0.0912 e. The van der Waals surface area contributed by atoms with E-state index in [4.69, 9.17) is 5.26 Å². The van der Waals surface area contributed by atoms with Gasteiger partial charge in [0.1, 0.15) is 0 Å². The molecule has 0 fully saturated rings. The van der Waals surface area contributed by atoms with E-state index in [1.807, 2.05) is 30.3 Å². The van der Waals surface area contributed by atoms with Crippen LogP contribution in [0.2, 0.25) is 0 Å². The molecule has 0 heterocycles. The molecule has 1 rings (SSSR count). The van der Waals surface area contributed by atoms with Gasteiger partial charge in [-0.25, -0.2) is 0 Å². The van der Waals surface area contributed by atoms with Crippen molar-refractivity contribution in [3.63, 3.8) is 0 Å². The first kappa shape index (κ1) is 7.90. The van der Waals surface area contributed by atoms with Crippen molar-refractivity contribution >= 4 is 18.7 Å². The SMILES string of the molecule is N#C/C=C/c1ccc(S)cc1. The van der Waals surface area contributed by atoms with Crippen molar-refractivity contribution in [1.29, 1.82) is 5.26 Å². The summed E-state index contributed by atoms with van der Waals surface area (Å²) in [5.74, 6) is 0. The highest BCUT2D eigenvalue weighted by Gasteiger charge is 1.84. The van der Waals surface area contributed by atoms with Crippen LogP contribution in [0.5, 0.6) is 0 Å². The van der Waals surface area contributed by atoms with Crippen LogP contribution >= 0.6 is 12.6 Å². The molecule has 54 valence electrons. The van der Waals surface area contributed by atoms with Crippen LogP contribution in [0.4, 0.5) is 0 Å². The third kappa shape index (κ3) is 2.48. The zero-order valence-corrected chi connectivity index (χ0v) is 6.75. The number of hydrogen-bond acceptors (Lipinski definition) is 2. The lowest BCUT2D eigenvalue weighted by molar-refractivity contribution is 1.46. The topological polar surface area (TPSA) is 23.8 Å². The van der Waals surface area contributed by atoms with Crippen LogP contribution in [-0.4, -0.2) is 0 Å². The molecule has 0 spiro atoms. The van der Waals surface area contributed by atoms with Gasteiger partial charge < -0.3 is 0 Å². The van der Waals surface area contributed by atoms with E-state index in [0.29, 0.717) is 0 Å². The van der Waals surface area contributed by atoms with Crippen LogP contribution in [0.3, 0.4) is 0 Å². The van der Waals surface area contributed by atoms with E-state index in [1.54, 1.807) is 6.08 Å². The molecule has 1 aromatic carbocycles. The zero-order chi connectivity index (χ0) is 8.10. The fraction of sp³-hybridized carbons (Fsp3) is 0. The fourth-order valence-electron chi connectivity index (χ4n) is 0.719. The molecule has 0 saturated carbocycles. The molecule has 0 saturated heterocycles. The summed E-state index contributed by atoms with van der Waals surface area (Å²) in [6.45, 7) is 0. The molecule has 0 unspecified atom stereocenters. The van der Waals surface area contributed by atoms with Gasteiger partial charge in [-0.2, -0.15) is 5.26 Å². The van der Waals surface area contributed by atoms with Gasteiger partial charge in [0.15, 0.2) is 0 Å². The molecule has 2 heteroatoms. The Morgan fingerprint density at radius 3 is 2.45 bits per heavy atom. The molecule has 0 aromatic heterocycles. The summed E-state index contributed by atoms with van der Waals surface area (Å²) in [6.07, 6.45) is 3.21. The average molecular weight is 161 g/mol. The number of allylic oxidation sites excluding steroid dienone is 1. The first-order valence-electron chi connectivity index (χ1n) is 3.18. The third-order valence-corrected chi connectivity index (χ3v) is 1.54. The van der Waals surface area contributed by atoms with Crippen molar-refractivity contribution in [3.05, 3.63) is 35.9 Å². The van der Waals surface area contributed by atoms with Crippen LogP contribution in [0.25, 0.3) is 6.08 Å². The Labute approximate surface area is 71.4 Å². The summed E-state index contributed by atoms with van der Waals surface area (Å²) < 4.78 is 0. The fourth-order valence-corrected chi connectivity index (χ4v) is 0.868. The van der Waals surface area contributed by atoms with Crippen LogP contribution in [-0.2, 0) is 0 Å². The second kappa shape index (κ2) is 3.85. The molecule has 0 aliphatic carbocycles. The van der Waals surface area contributed by atoms with E-state index < -0.39 is 0 Å². The lowest BCUT2D eigenvalue weighted by Gasteiger charge is -1.91. The molecule has 11 heavy (non-hydrogen) atoms. The molecule has 0 amide bonds.